The number of carbonyl (C=O) groups excluding carboxylic acids is 2. The van der Waals surface area contributed by atoms with E-state index in [0.717, 1.165) is 0 Å². The minimum Gasteiger partial charge on any atom is -0.369 e. The summed E-state index contributed by atoms with van der Waals surface area (Å²) in [5, 5.41) is 7.92. The van der Waals surface area contributed by atoms with Gasteiger partial charge in [-0.2, -0.15) is 0 Å². The van der Waals surface area contributed by atoms with Gasteiger partial charge in [-0.05, 0) is 0 Å². The zero-order valence-corrected chi connectivity index (χ0v) is 8.03. The van der Waals surface area contributed by atoms with Crippen molar-refractivity contribution in [2.24, 2.45) is 11.7 Å². The summed E-state index contributed by atoms with van der Waals surface area (Å²) in [7, 11) is 0. The van der Waals surface area contributed by atoms with Gasteiger partial charge in [-0.1, -0.05) is 11.3 Å². The first-order chi connectivity index (χ1) is 6.68. The van der Waals surface area contributed by atoms with E-state index >= 15 is 0 Å². The van der Waals surface area contributed by atoms with Crippen molar-refractivity contribution in [2.45, 2.75) is 6.42 Å². The van der Waals surface area contributed by atoms with Gasteiger partial charge in [-0.3, -0.25) is 14.5 Å². The molecule has 6 nitrogen and oxygen atoms in total. The zero-order chi connectivity index (χ0) is 10.1. The molecule has 0 radical (unpaired) electrons. The normalized spacial score (nSPS) is 21.6. The summed E-state index contributed by atoms with van der Waals surface area (Å²) in [4.78, 5) is 23.8. The Labute approximate surface area is 83.7 Å². The van der Waals surface area contributed by atoms with Gasteiger partial charge >= 0.3 is 0 Å². The van der Waals surface area contributed by atoms with Crippen LogP contribution in [0.2, 0.25) is 0 Å². The van der Waals surface area contributed by atoms with Gasteiger partial charge in [-0.15, -0.1) is 10.2 Å². The Morgan fingerprint density at radius 3 is 3.00 bits per heavy atom. The first-order valence-electron chi connectivity index (χ1n) is 4.04. The van der Waals surface area contributed by atoms with Gasteiger partial charge in [0.05, 0.1) is 5.92 Å². The second kappa shape index (κ2) is 3.33. The van der Waals surface area contributed by atoms with Crippen LogP contribution in [0.3, 0.4) is 0 Å². The van der Waals surface area contributed by atoms with Gasteiger partial charge in [0.25, 0.3) is 0 Å². The molecule has 14 heavy (non-hydrogen) atoms. The molecule has 2 rings (SSSR count). The third-order valence-corrected chi connectivity index (χ3v) is 2.82. The van der Waals surface area contributed by atoms with Crippen LogP contribution < -0.4 is 10.6 Å². The van der Waals surface area contributed by atoms with Crippen molar-refractivity contribution in [3.63, 3.8) is 0 Å². The number of hydrogen-bond donors (Lipinski definition) is 1. The molecule has 7 heteroatoms. The molecule has 0 saturated carbocycles. The summed E-state index contributed by atoms with van der Waals surface area (Å²) < 4.78 is 0. The average Bonchev–Trinajstić information content (AvgIpc) is 2.71. The molecule has 1 unspecified atom stereocenters. The van der Waals surface area contributed by atoms with Crippen molar-refractivity contribution >= 4 is 28.3 Å². The van der Waals surface area contributed by atoms with E-state index in [9.17, 15) is 9.59 Å². The highest BCUT2D eigenvalue weighted by Gasteiger charge is 2.35. The van der Waals surface area contributed by atoms with Gasteiger partial charge < -0.3 is 5.73 Å². The number of nitrogens with two attached hydrogens (primary N) is 1. The number of aromatic nitrogens is 2. The Morgan fingerprint density at radius 2 is 2.50 bits per heavy atom. The first kappa shape index (κ1) is 9.07. The maximum Gasteiger partial charge on any atom is 0.229 e. The molecule has 1 fully saturated rings. The van der Waals surface area contributed by atoms with Crippen LogP contribution in [0.5, 0.6) is 0 Å². The summed E-state index contributed by atoms with van der Waals surface area (Å²) in [6, 6.07) is 0. The molecule has 2 heterocycles. The van der Waals surface area contributed by atoms with E-state index in [-0.39, 0.29) is 12.3 Å². The number of nitrogens with zero attached hydrogens (tertiary/aromatic N) is 3. The van der Waals surface area contributed by atoms with Crippen LogP contribution >= 0.6 is 11.3 Å². The molecule has 1 aliphatic heterocycles. The van der Waals surface area contributed by atoms with Crippen LogP contribution in [0.4, 0.5) is 5.13 Å². The molecule has 1 aliphatic rings. The number of hydrogen-bond acceptors (Lipinski definition) is 5. The van der Waals surface area contributed by atoms with Gasteiger partial charge in [0, 0.05) is 13.0 Å². The number of rotatable bonds is 2. The smallest absolute Gasteiger partial charge is 0.229 e. The third-order valence-electron chi connectivity index (χ3n) is 2.11. The van der Waals surface area contributed by atoms with E-state index < -0.39 is 11.8 Å². The third kappa shape index (κ3) is 1.46. The maximum absolute atomic E-state index is 11.4. The van der Waals surface area contributed by atoms with Crippen molar-refractivity contribution in [2.75, 3.05) is 11.4 Å². The number of anilines is 1. The van der Waals surface area contributed by atoms with Crippen LogP contribution in [-0.4, -0.2) is 28.6 Å². The maximum atomic E-state index is 11.4. The van der Waals surface area contributed by atoms with Crippen molar-refractivity contribution in [3.8, 4) is 0 Å². The Morgan fingerprint density at radius 1 is 1.71 bits per heavy atom. The minimum absolute atomic E-state index is 0.120. The van der Waals surface area contributed by atoms with Crippen molar-refractivity contribution in [3.05, 3.63) is 5.51 Å². The number of carbonyl (C=O) groups is 2. The number of primary amides is 1. The molecule has 0 bridgehead atoms. The quantitative estimate of drug-likeness (QED) is 0.707. The van der Waals surface area contributed by atoms with Crippen LogP contribution in [0.1, 0.15) is 6.42 Å². The summed E-state index contributed by atoms with van der Waals surface area (Å²) in [5.74, 6) is -0.956. The van der Waals surface area contributed by atoms with E-state index in [0.29, 0.717) is 11.7 Å². The van der Waals surface area contributed by atoms with Crippen molar-refractivity contribution in [1.29, 1.82) is 0 Å². The van der Waals surface area contributed by atoms with E-state index in [4.69, 9.17) is 5.73 Å². The fourth-order valence-electron chi connectivity index (χ4n) is 1.37. The predicted molar refractivity (Wildman–Crippen MR) is 49.6 cm³/mol. The van der Waals surface area contributed by atoms with Crippen LogP contribution in [0.15, 0.2) is 5.51 Å². The molecule has 1 aromatic heterocycles. The van der Waals surface area contributed by atoms with Crippen LogP contribution in [-0.2, 0) is 9.59 Å². The highest BCUT2D eigenvalue weighted by atomic mass is 32.1. The zero-order valence-electron chi connectivity index (χ0n) is 7.21. The van der Waals surface area contributed by atoms with E-state index in [1.165, 1.54) is 16.2 Å². The lowest BCUT2D eigenvalue weighted by Crippen LogP contribution is -2.28. The van der Waals surface area contributed by atoms with Crippen LogP contribution in [0.25, 0.3) is 0 Å². The predicted octanol–water partition coefficient (Wildman–Crippen LogP) is -0.624. The van der Waals surface area contributed by atoms with Gasteiger partial charge in [-0.25, -0.2) is 0 Å². The number of amides is 2. The largest absolute Gasteiger partial charge is 0.369 e. The fourth-order valence-corrected chi connectivity index (χ4v) is 1.95. The van der Waals surface area contributed by atoms with Crippen molar-refractivity contribution < 1.29 is 9.59 Å². The molecule has 1 saturated heterocycles. The summed E-state index contributed by atoms with van der Waals surface area (Å²) >= 11 is 1.27. The fraction of sp³-hybridized carbons (Fsp3) is 0.429. The molecule has 1 atom stereocenters. The topological polar surface area (TPSA) is 89.2 Å². The molecule has 0 spiro atoms. The lowest BCUT2D eigenvalue weighted by atomic mass is 10.1. The van der Waals surface area contributed by atoms with E-state index in [1.54, 1.807) is 5.51 Å². The molecule has 2 amide bonds. The summed E-state index contributed by atoms with van der Waals surface area (Å²) in [6.07, 6.45) is 0.176. The van der Waals surface area contributed by atoms with E-state index in [2.05, 4.69) is 10.2 Å². The Hall–Kier alpha value is -1.50. The summed E-state index contributed by atoms with van der Waals surface area (Å²) in [6.45, 7) is 0.323. The molecular weight excluding hydrogens is 204 g/mol. The summed E-state index contributed by atoms with van der Waals surface area (Å²) in [5.41, 5.74) is 6.67. The van der Waals surface area contributed by atoms with Crippen molar-refractivity contribution in [1.82, 2.24) is 10.2 Å². The molecule has 1 aromatic rings. The second-order valence-corrected chi connectivity index (χ2v) is 3.84. The standard InChI is InChI=1S/C7H8N4O2S/c8-6(13)4-1-5(12)11(2-4)7-10-9-3-14-7/h3-4H,1-2H2,(H2,8,13). The van der Waals surface area contributed by atoms with Crippen LogP contribution in [0, 0.1) is 5.92 Å². The highest BCUT2D eigenvalue weighted by Crippen LogP contribution is 2.25. The van der Waals surface area contributed by atoms with Gasteiger partial charge in [0.1, 0.15) is 5.51 Å². The lowest BCUT2D eigenvalue weighted by Gasteiger charge is -2.10. The Kier molecular flexibility index (Phi) is 2.16. The Balaban J connectivity index is 2.16. The molecule has 0 aromatic carbocycles. The average molecular weight is 212 g/mol. The first-order valence-corrected chi connectivity index (χ1v) is 4.92. The van der Waals surface area contributed by atoms with Gasteiger partial charge in [0.15, 0.2) is 0 Å². The molecular formula is C7H8N4O2S. The highest BCUT2D eigenvalue weighted by molar-refractivity contribution is 7.13. The van der Waals surface area contributed by atoms with Gasteiger partial charge in [0.2, 0.25) is 16.9 Å². The molecule has 74 valence electrons. The SMILES string of the molecule is NC(=O)C1CC(=O)N(c2nncs2)C1. The monoisotopic (exact) mass is 212 g/mol. The minimum atomic E-state index is -0.439. The van der Waals surface area contributed by atoms with E-state index in [1.807, 2.05) is 0 Å². The molecule has 2 N–H and O–H groups in total. The molecule has 0 aliphatic carbocycles. The second-order valence-electron chi connectivity index (χ2n) is 3.03. The Bertz CT molecular complexity index is 364. The lowest BCUT2D eigenvalue weighted by molar-refractivity contribution is -0.123.